The molecule has 0 aliphatic heterocycles. The summed E-state index contributed by atoms with van der Waals surface area (Å²) in [5.41, 5.74) is 7.02. The number of fused-ring (bicyclic) bond motifs is 5. The van der Waals surface area contributed by atoms with Crippen molar-refractivity contribution in [2.24, 2.45) is 0 Å². The number of hydrogen-bond donors (Lipinski definition) is 0. The number of nitrogens with zero attached hydrogens (tertiary/aromatic N) is 2. The van der Waals surface area contributed by atoms with Gasteiger partial charge in [0.1, 0.15) is 0 Å². The van der Waals surface area contributed by atoms with Gasteiger partial charge in [-0.15, -0.1) is 0 Å². The quantitative estimate of drug-likeness (QED) is 0.128. The van der Waals surface area contributed by atoms with E-state index >= 15 is 0 Å². The van der Waals surface area contributed by atoms with Crippen LogP contribution >= 0.6 is 0 Å². The predicted octanol–water partition coefficient (Wildman–Crippen LogP) is 6.65. The summed E-state index contributed by atoms with van der Waals surface area (Å²) in [6.07, 6.45) is 1.81. The van der Waals surface area contributed by atoms with Crippen LogP contribution in [-0.2, 0) is 0 Å². The van der Waals surface area contributed by atoms with Crippen molar-refractivity contribution >= 4 is 43.2 Å². The maximum Gasteiger partial charge on any atom is 1.00 e. The van der Waals surface area contributed by atoms with Crippen molar-refractivity contribution in [3.05, 3.63) is 158 Å². The number of nitrogens with one attached hydrogen (secondary N) is 1. The monoisotopic (exact) mass is 608 g/mol. The van der Waals surface area contributed by atoms with Gasteiger partial charge in [0.2, 0.25) is 5.52 Å². The summed E-state index contributed by atoms with van der Waals surface area (Å²) in [7, 11) is 0. The molecule has 220 valence electrons. The Morgan fingerprint density at radius 2 is 1.10 bits per heavy atom. The van der Waals surface area contributed by atoms with Gasteiger partial charge in [-0.2, -0.15) is 0 Å². The molecule has 5 heteroatoms. The van der Waals surface area contributed by atoms with Crippen LogP contribution in [0.3, 0.4) is 0 Å². The van der Waals surface area contributed by atoms with E-state index in [0.717, 1.165) is 71.3 Å². The summed E-state index contributed by atoms with van der Waals surface area (Å²) in [6.45, 7) is 0. The third-order valence-electron chi connectivity index (χ3n) is 9.07. The Kier molecular flexibility index (Phi) is 7.46. The average Bonchev–Trinajstić information content (AvgIpc) is 3.14. The topological polar surface area (TPSA) is 63.0 Å². The van der Waals surface area contributed by atoms with E-state index in [-0.39, 0.29) is 24.6 Å². The average molecular weight is 609 g/mol. The molecule has 9 aromatic rings. The molecule has 0 saturated carbocycles. The first-order valence-electron chi connectivity index (χ1n) is 15.7. The molecule has 0 aliphatic rings. The molecule has 2 heterocycles. The Morgan fingerprint density at radius 1 is 0.458 bits per heavy atom. The van der Waals surface area contributed by atoms with E-state index in [4.69, 9.17) is 9.97 Å². The van der Waals surface area contributed by atoms with E-state index in [2.05, 4.69) is 89.9 Å². The molecular weight excluding hydrogens is 581 g/mol. The zero-order chi connectivity index (χ0) is 31.3. The van der Waals surface area contributed by atoms with Gasteiger partial charge in [0.25, 0.3) is 0 Å². The summed E-state index contributed by atoms with van der Waals surface area (Å²) in [4.78, 5) is 13.4. The fourth-order valence-electron chi connectivity index (χ4n) is 6.84. The number of H-pyrrole nitrogens is 1. The van der Waals surface area contributed by atoms with Crippen LogP contribution in [0.4, 0.5) is 0 Å². The number of rotatable bonds is 4. The smallest absolute Gasteiger partial charge is 0.868 e. The zero-order valence-electron chi connectivity index (χ0n) is 26.3. The van der Waals surface area contributed by atoms with Crippen molar-refractivity contribution in [2.75, 3.05) is 0 Å². The third kappa shape index (κ3) is 4.91. The van der Waals surface area contributed by atoms with E-state index in [9.17, 15) is 5.11 Å². The number of aromatic nitrogens is 3. The van der Waals surface area contributed by atoms with Gasteiger partial charge in [0, 0.05) is 28.1 Å². The van der Waals surface area contributed by atoms with Crippen LogP contribution in [0.25, 0.3) is 88.2 Å². The van der Waals surface area contributed by atoms with Gasteiger partial charge < -0.3 is 5.11 Å². The Balaban J connectivity index is 0.00000336. The second-order valence-electron chi connectivity index (χ2n) is 11.8. The largest absolute Gasteiger partial charge is 1.00 e. The molecular formula is C43H27LiN3O+. The van der Waals surface area contributed by atoms with Crippen LogP contribution in [0.2, 0.25) is 0 Å². The van der Waals surface area contributed by atoms with Crippen LogP contribution in [-0.4, -0.2) is 9.97 Å². The van der Waals surface area contributed by atoms with Gasteiger partial charge in [-0.3, -0.25) is 0 Å². The fraction of sp³-hybridized carbons (Fsp3) is 0. The van der Waals surface area contributed by atoms with Gasteiger partial charge in [-0.25, -0.2) is 15.0 Å². The number of benzene rings is 7. The van der Waals surface area contributed by atoms with Crippen LogP contribution < -0.4 is 29.0 Å². The fourth-order valence-corrected chi connectivity index (χ4v) is 6.84. The number of pyridine rings is 1. The first kappa shape index (κ1) is 29.6. The van der Waals surface area contributed by atoms with Gasteiger partial charge in [0.15, 0.2) is 12.0 Å². The second kappa shape index (κ2) is 12.1. The van der Waals surface area contributed by atoms with Gasteiger partial charge in [0.05, 0.1) is 11.4 Å². The number of hydrogen-bond acceptors (Lipinski definition) is 3. The molecule has 1 N–H and O–H groups in total. The minimum atomic E-state index is -0.00540. The maximum absolute atomic E-state index is 14.0. The van der Waals surface area contributed by atoms with Crippen molar-refractivity contribution in [3.63, 3.8) is 0 Å². The first-order chi connectivity index (χ1) is 23.2. The van der Waals surface area contributed by atoms with Crippen LogP contribution in [0.15, 0.2) is 158 Å². The molecule has 7 aromatic carbocycles. The second-order valence-corrected chi connectivity index (χ2v) is 11.8. The third-order valence-corrected chi connectivity index (χ3v) is 9.07. The minimum Gasteiger partial charge on any atom is -0.868 e. The number of aromatic amines is 1. The van der Waals surface area contributed by atoms with Gasteiger partial charge in [-0.1, -0.05) is 121 Å². The van der Waals surface area contributed by atoms with E-state index in [0.29, 0.717) is 16.9 Å². The molecule has 0 fully saturated rings. The van der Waals surface area contributed by atoms with E-state index in [1.807, 2.05) is 72.9 Å². The summed E-state index contributed by atoms with van der Waals surface area (Å²) >= 11 is 0. The summed E-state index contributed by atoms with van der Waals surface area (Å²) in [6, 6.07) is 51.6. The standard InChI is InChI=1S/C43H27N3O.Li/c47-42-36(21-20-29-16-10-24-44-41(29)42)40-31-17-8-7-15-30(31)25-37-32-18-9-19-35(33(32)22-23-34(37)40)43-45-38(27-11-3-1-4-12-27)26-39(46-43)28-13-5-2-6-14-28;/h1-26,47H;/q;+1. The molecule has 0 saturated heterocycles. The molecule has 48 heavy (non-hydrogen) atoms. The first-order valence-corrected chi connectivity index (χ1v) is 15.7. The van der Waals surface area contributed by atoms with Gasteiger partial charge >= 0.3 is 18.9 Å². The summed E-state index contributed by atoms with van der Waals surface area (Å²) < 4.78 is 0. The molecule has 0 atom stereocenters. The summed E-state index contributed by atoms with van der Waals surface area (Å²) in [5, 5.41) is 21.3. The molecule has 4 nitrogen and oxygen atoms in total. The molecule has 0 unspecified atom stereocenters. The molecule has 0 bridgehead atoms. The van der Waals surface area contributed by atoms with Crippen molar-refractivity contribution in [1.82, 2.24) is 9.97 Å². The van der Waals surface area contributed by atoms with Crippen LogP contribution in [0.1, 0.15) is 0 Å². The Morgan fingerprint density at radius 3 is 1.85 bits per heavy atom. The van der Waals surface area contributed by atoms with Crippen molar-refractivity contribution in [2.45, 2.75) is 0 Å². The van der Waals surface area contributed by atoms with Crippen LogP contribution in [0, 0.1) is 0 Å². The molecule has 0 spiro atoms. The minimum absolute atomic E-state index is 0. The SMILES string of the molecule is [Li+].[O-]c1c(-c2c3ccccc3cc3c2ccc2c(-c4nc(-c5ccccc5)cc(-c5ccccc5)n4)cccc23)ccc2ccc[nH+]c12. The van der Waals surface area contributed by atoms with Crippen LogP contribution in [0.5, 0.6) is 5.75 Å². The predicted molar refractivity (Wildman–Crippen MR) is 190 cm³/mol. The van der Waals surface area contributed by atoms with E-state index in [1.165, 1.54) is 0 Å². The van der Waals surface area contributed by atoms with Crippen molar-refractivity contribution in [1.29, 1.82) is 0 Å². The van der Waals surface area contributed by atoms with E-state index < -0.39 is 0 Å². The molecule has 2 aromatic heterocycles. The van der Waals surface area contributed by atoms with Gasteiger partial charge in [-0.05, 0) is 73.5 Å². The normalized spacial score (nSPS) is 11.2. The molecule has 0 aliphatic carbocycles. The Bertz CT molecular complexity index is 2580. The van der Waals surface area contributed by atoms with Crippen molar-refractivity contribution in [3.8, 4) is 50.8 Å². The van der Waals surface area contributed by atoms with Crippen molar-refractivity contribution < 1.29 is 29.0 Å². The summed E-state index contributed by atoms with van der Waals surface area (Å²) in [5.74, 6) is 0.664. The zero-order valence-corrected chi connectivity index (χ0v) is 26.3. The maximum atomic E-state index is 14.0. The molecule has 0 amide bonds. The Labute approximate surface area is 289 Å². The molecule has 9 rings (SSSR count). The Hall–Kier alpha value is -5.79. The van der Waals surface area contributed by atoms with E-state index in [1.54, 1.807) is 0 Å². The molecule has 0 radical (unpaired) electrons.